The zero-order valence-corrected chi connectivity index (χ0v) is 9.21. The summed E-state index contributed by atoms with van der Waals surface area (Å²) in [6.07, 6.45) is 0.862. The Morgan fingerprint density at radius 2 is 2.07 bits per heavy atom. The highest BCUT2D eigenvalue weighted by atomic mass is 16.5. The quantitative estimate of drug-likeness (QED) is 0.797. The summed E-state index contributed by atoms with van der Waals surface area (Å²) in [5.41, 5.74) is 6.55. The summed E-state index contributed by atoms with van der Waals surface area (Å²) in [5.74, 6) is 0.920. The van der Waals surface area contributed by atoms with E-state index in [1.807, 2.05) is 18.2 Å². The smallest absolute Gasteiger partial charge is 0.120 e. The third kappa shape index (κ3) is 3.38. The zero-order chi connectivity index (χ0) is 10.6. The molecule has 0 amide bonds. The average Bonchev–Trinajstić information content (AvgIpc) is 2.02. The van der Waals surface area contributed by atoms with Gasteiger partial charge in [0.25, 0.3) is 0 Å². The van der Waals surface area contributed by atoms with E-state index in [-0.39, 0.29) is 5.60 Å². The number of nitrogens with two attached hydrogens (primary N) is 1. The van der Waals surface area contributed by atoms with Gasteiger partial charge in [-0.05, 0) is 51.4 Å². The van der Waals surface area contributed by atoms with E-state index in [0.29, 0.717) is 6.54 Å². The monoisotopic (exact) mass is 193 g/mol. The van der Waals surface area contributed by atoms with Crippen molar-refractivity contribution in [3.05, 3.63) is 29.8 Å². The lowest BCUT2D eigenvalue weighted by Crippen LogP contribution is -2.31. The Morgan fingerprint density at radius 3 is 2.64 bits per heavy atom. The maximum Gasteiger partial charge on any atom is 0.120 e. The molecule has 0 heterocycles. The van der Waals surface area contributed by atoms with Gasteiger partial charge in [0.2, 0.25) is 0 Å². The van der Waals surface area contributed by atoms with Crippen molar-refractivity contribution >= 4 is 0 Å². The normalized spacial score (nSPS) is 11.4. The number of hydrogen-bond acceptors (Lipinski definition) is 2. The fraction of sp³-hybridized carbons (Fsp3) is 0.500. The van der Waals surface area contributed by atoms with E-state index < -0.39 is 0 Å². The first kappa shape index (κ1) is 11.1. The van der Waals surface area contributed by atoms with Crippen LogP contribution in [0.5, 0.6) is 5.75 Å². The van der Waals surface area contributed by atoms with E-state index >= 15 is 0 Å². The molecular formula is C12H19NO. The lowest BCUT2D eigenvalue weighted by atomic mass is 10.1. The summed E-state index contributed by atoms with van der Waals surface area (Å²) in [6.45, 7) is 6.83. The molecule has 1 aromatic carbocycles. The second kappa shape index (κ2) is 4.47. The van der Waals surface area contributed by atoms with E-state index in [1.165, 1.54) is 5.56 Å². The van der Waals surface area contributed by atoms with E-state index in [1.54, 1.807) is 0 Å². The summed E-state index contributed by atoms with van der Waals surface area (Å²) < 4.78 is 5.84. The number of aryl methyl sites for hydroxylation is 1. The van der Waals surface area contributed by atoms with Crippen molar-refractivity contribution in [1.82, 2.24) is 0 Å². The third-order valence-electron chi connectivity index (χ3n) is 2.13. The van der Waals surface area contributed by atoms with Gasteiger partial charge in [0, 0.05) is 0 Å². The summed E-state index contributed by atoms with van der Waals surface area (Å²) in [6, 6.07) is 8.08. The fourth-order valence-electron chi connectivity index (χ4n) is 1.40. The van der Waals surface area contributed by atoms with Crippen LogP contribution in [0, 0.1) is 6.92 Å². The van der Waals surface area contributed by atoms with Crippen LogP contribution in [0.25, 0.3) is 0 Å². The molecule has 14 heavy (non-hydrogen) atoms. The molecule has 0 atom stereocenters. The minimum atomic E-state index is -0.178. The molecule has 0 aromatic heterocycles. The molecule has 0 unspecified atom stereocenters. The standard InChI is InChI=1S/C12H19NO/c1-10-5-4-6-11(9-10)14-12(2,3)7-8-13/h4-6,9H,7-8,13H2,1-3H3. The van der Waals surface area contributed by atoms with Crippen molar-refractivity contribution in [2.45, 2.75) is 32.8 Å². The van der Waals surface area contributed by atoms with Crippen LogP contribution in [-0.4, -0.2) is 12.1 Å². The van der Waals surface area contributed by atoms with Crippen molar-refractivity contribution in [1.29, 1.82) is 0 Å². The highest BCUT2D eigenvalue weighted by molar-refractivity contribution is 5.27. The SMILES string of the molecule is Cc1cccc(OC(C)(C)CCN)c1. The molecule has 1 rings (SSSR count). The Kier molecular flexibility index (Phi) is 3.53. The van der Waals surface area contributed by atoms with Crippen molar-refractivity contribution in [2.75, 3.05) is 6.54 Å². The first-order valence-corrected chi connectivity index (χ1v) is 4.99. The number of rotatable bonds is 4. The largest absolute Gasteiger partial charge is 0.488 e. The first-order valence-electron chi connectivity index (χ1n) is 4.99. The van der Waals surface area contributed by atoms with E-state index in [4.69, 9.17) is 10.5 Å². The molecule has 0 radical (unpaired) electrons. The van der Waals surface area contributed by atoms with Gasteiger partial charge in [-0.25, -0.2) is 0 Å². The van der Waals surface area contributed by atoms with Crippen LogP contribution >= 0.6 is 0 Å². The summed E-state index contributed by atoms with van der Waals surface area (Å²) >= 11 is 0. The topological polar surface area (TPSA) is 35.2 Å². The van der Waals surface area contributed by atoms with Gasteiger partial charge in [-0.15, -0.1) is 0 Å². The first-order chi connectivity index (χ1) is 6.53. The molecule has 0 fully saturated rings. The summed E-state index contributed by atoms with van der Waals surface area (Å²) in [7, 11) is 0. The highest BCUT2D eigenvalue weighted by Gasteiger charge is 2.18. The summed E-state index contributed by atoms with van der Waals surface area (Å²) in [5, 5.41) is 0. The number of ether oxygens (including phenoxy) is 1. The zero-order valence-electron chi connectivity index (χ0n) is 9.21. The molecule has 2 N–H and O–H groups in total. The molecule has 1 aromatic rings. The molecule has 2 nitrogen and oxygen atoms in total. The molecule has 0 saturated carbocycles. The average molecular weight is 193 g/mol. The Labute approximate surface area is 86.1 Å². The molecular weight excluding hydrogens is 174 g/mol. The fourth-order valence-corrected chi connectivity index (χ4v) is 1.40. The Hall–Kier alpha value is -1.02. The van der Waals surface area contributed by atoms with Crippen LogP contribution in [0.2, 0.25) is 0 Å². The molecule has 0 aliphatic rings. The third-order valence-corrected chi connectivity index (χ3v) is 2.13. The molecule has 0 saturated heterocycles. The van der Waals surface area contributed by atoms with Crippen molar-refractivity contribution in [2.24, 2.45) is 5.73 Å². The van der Waals surface area contributed by atoms with Gasteiger partial charge in [-0.1, -0.05) is 12.1 Å². The van der Waals surface area contributed by atoms with Gasteiger partial charge >= 0.3 is 0 Å². The number of benzene rings is 1. The van der Waals surface area contributed by atoms with Gasteiger partial charge < -0.3 is 10.5 Å². The summed E-state index contributed by atoms with van der Waals surface area (Å²) in [4.78, 5) is 0. The van der Waals surface area contributed by atoms with Crippen LogP contribution in [0.4, 0.5) is 0 Å². The van der Waals surface area contributed by atoms with Crippen LogP contribution < -0.4 is 10.5 Å². The highest BCUT2D eigenvalue weighted by Crippen LogP contribution is 2.21. The van der Waals surface area contributed by atoms with Crippen LogP contribution in [0.1, 0.15) is 25.8 Å². The van der Waals surface area contributed by atoms with Gasteiger partial charge in [-0.3, -0.25) is 0 Å². The van der Waals surface area contributed by atoms with E-state index in [2.05, 4.69) is 26.8 Å². The van der Waals surface area contributed by atoms with Crippen molar-refractivity contribution < 1.29 is 4.74 Å². The van der Waals surface area contributed by atoms with Crippen molar-refractivity contribution in [3.8, 4) is 5.75 Å². The van der Waals surface area contributed by atoms with Gasteiger partial charge in [0.05, 0.1) is 0 Å². The minimum Gasteiger partial charge on any atom is -0.488 e. The van der Waals surface area contributed by atoms with E-state index in [0.717, 1.165) is 12.2 Å². The molecule has 0 aliphatic carbocycles. The molecule has 0 aliphatic heterocycles. The predicted octanol–water partition coefficient (Wildman–Crippen LogP) is 2.50. The maximum atomic E-state index is 5.84. The predicted molar refractivity (Wildman–Crippen MR) is 59.6 cm³/mol. The van der Waals surface area contributed by atoms with Crippen molar-refractivity contribution in [3.63, 3.8) is 0 Å². The number of hydrogen-bond donors (Lipinski definition) is 1. The lowest BCUT2D eigenvalue weighted by molar-refractivity contribution is 0.102. The van der Waals surface area contributed by atoms with Gasteiger partial charge in [0.1, 0.15) is 11.4 Å². The Balaban J connectivity index is 2.68. The second-order valence-corrected chi connectivity index (χ2v) is 4.22. The molecule has 2 heteroatoms. The molecule has 78 valence electrons. The van der Waals surface area contributed by atoms with Gasteiger partial charge in [-0.2, -0.15) is 0 Å². The minimum absolute atomic E-state index is 0.178. The van der Waals surface area contributed by atoms with Crippen LogP contribution in [0.15, 0.2) is 24.3 Å². The maximum absolute atomic E-state index is 5.84. The second-order valence-electron chi connectivity index (χ2n) is 4.22. The Bertz CT molecular complexity index is 294. The van der Waals surface area contributed by atoms with Crippen LogP contribution in [0.3, 0.4) is 0 Å². The molecule has 0 bridgehead atoms. The van der Waals surface area contributed by atoms with Gasteiger partial charge in [0.15, 0.2) is 0 Å². The van der Waals surface area contributed by atoms with Crippen LogP contribution in [-0.2, 0) is 0 Å². The van der Waals surface area contributed by atoms with E-state index in [9.17, 15) is 0 Å². The Morgan fingerprint density at radius 1 is 1.36 bits per heavy atom. The lowest BCUT2D eigenvalue weighted by Gasteiger charge is -2.26. The molecule has 0 spiro atoms.